The van der Waals surface area contributed by atoms with Gasteiger partial charge in [-0.15, -0.1) is 0 Å². The van der Waals surface area contributed by atoms with Gasteiger partial charge in [0.15, 0.2) is 0 Å². The first kappa shape index (κ1) is 20.0. The standard InChI is InChI=1S/C22H26N2O4/c1-3-10-22(21(27)28)11-13-24(14-18(22)25)20(26)19-15(2)23-12-9-17(19)16-7-5-4-6-8-16/h4-9,12,18,25H,3,10-11,13-14H2,1-2H3,(H,27,28)/t18-,22+/m1/s1. The molecular weight excluding hydrogens is 356 g/mol. The highest BCUT2D eigenvalue weighted by Gasteiger charge is 2.48. The molecule has 148 valence electrons. The lowest BCUT2D eigenvalue weighted by atomic mass is 9.72. The van der Waals surface area contributed by atoms with Gasteiger partial charge < -0.3 is 15.1 Å². The summed E-state index contributed by atoms with van der Waals surface area (Å²) in [5, 5.41) is 20.3. The molecule has 28 heavy (non-hydrogen) atoms. The monoisotopic (exact) mass is 382 g/mol. The molecular formula is C22H26N2O4. The van der Waals surface area contributed by atoms with E-state index in [-0.39, 0.29) is 18.9 Å². The third-order valence-electron chi connectivity index (χ3n) is 5.71. The number of carboxylic acids is 1. The number of aliphatic hydroxyl groups is 1. The van der Waals surface area contributed by atoms with Gasteiger partial charge in [-0.3, -0.25) is 14.6 Å². The van der Waals surface area contributed by atoms with Crippen molar-refractivity contribution >= 4 is 11.9 Å². The van der Waals surface area contributed by atoms with Gasteiger partial charge in [-0.1, -0.05) is 43.7 Å². The fraction of sp³-hybridized carbons (Fsp3) is 0.409. The van der Waals surface area contributed by atoms with Gasteiger partial charge in [-0.05, 0) is 37.0 Å². The molecule has 0 radical (unpaired) electrons. The number of carbonyl (C=O) groups excluding carboxylic acids is 1. The van der Waals surface area contributed by atoms with E-state index < -0.39 is 17.5 Å². The number of aryl methyl sites for hydroxylation is 1. The van der Waals surface area contributed by atoms with Crippen LogP contribution in [-0.4, -0.2) is 51.2 Å². The Labute approximate surface area is 164 Å². The SMILES string of the molecule is CCC[C@]1(C(=O)O)CCN(C(=O)c2c(-c3ccccc3)ccnc2C)C[C@H]1O. The summed E-state index contributed by atoms with van der Waals surface area (Å²) in [5.41, 5.74) is 1.64. The Bertz CT molecular complexity index is 868. The fourth-order valence-corrected chi connectivity index (χ4v) is 4.11. The average molecular weight is 382 g/mol. The zero-order valence-electron chi connectivity index (χ0n) is 16.3. The van der Waals surface area contributed by atoms with Crippen molar-refractivity contribution in [2.45, 2.75) is 39.2 Å². The lowest BCUT2D eigenvalue weighted by Crippen LogP contribution is -2.56. The Morgan fingerprint density at radius 3 is 2.57 bits per heavy atom. The summed E-state index contributed by atoms with van der Waals surface area (Å²) in [6.07, 6.45) is 1.88. The number of carboxylic acid groups (broad SMARTS) is 1. The number of rotatable bonds is 5. The number of likely N-dealkylation sites (tertiary alicyclic amines) is 1. The molecule has 0 unspecified atom stereocenters. The molecule has 2 aromatic rings. The molecule has 0 bridgehead atoms. The number of benzene rings is 1. The molecule has 3 rings (SSSR count). The quantitative estimate of drug-likeness (QED) is 0.829. The van der Waals surface area contributed by atoms with Gasteiger partial charge in [0.25, 0.3) is 5.91 Å². The van der Waals surface area contributed by atoms with Gasteiger partial charge in [0.1, 0.15) is 0 Å². The number of pyridine rings is 1. The number of β-amino-alcohol motifs (C(OH)–C–C–N with tert-alkyl or cyclic N) is 1. The zero-order valence-corrected chi connectivity index (χ0v) is 16.3. The van der Waals surface area contributed by atoms with Gasteiger partial charge >= 0.3 is 5.97 Å². The second-order valence-corrected chi connectivity index (χ2v) is 7.41. The largest absolute Gasteiger partial charge is 0.481 e. The molecule has 0 spiro atoms. The number of carbonyl (C=O) groups is 2. The van der Waals surface area contributed by atoms with Crippen LogP contribution in [0.5, 0.6) is 0 Å². The number of nitrogens with zero attached hydrogens (tertiary/aromatic N) is 2. The van der Waals surface area contributed by atoms with Gasteiger partial charge in [-0.2, -0.15) is 0 Å². The van der Waals surface area contributed by atoms with Gasteiger partial charge in [0.05, 0.1) is 22.8 Å². The smallest absolute Gasteiger partial charge is 0.312 e. The van der Waals surface area contributed by atoms with Crippen LogP contribution in [0.1, 0.15) is 42.2 Å². The number of aliphatic carboxylic acids is 1. The first-order valence-electron chi connectivity index (χ1n) is 9.62. The van der Waals surface area contributed by atoms with Crippen LogP contribution in [-0.2, 0) is 4.79 Å². The fourth-order valence-electron chi connectivity index (χ4n) is 4.11. The number of aromatic nitrogens is 1. The summed E-state index contributed by atoms with van der Waals surface area (Å²) in [6, 6.07) is 11.4. The molecule has 1 aliphatic heterocycles. The average Bonchev–Trinajstić information content (AvgIpc) is 2.69. The van der Waals surface area contributed by atoms with E-state index in [0.29, 0.717) is 30.6 Å². The maximum Gasteiger partial charge on any atom is 0.312 e. The van der Waals surface area contributed by atoms with Crippen molar-refractivity contribution in [3.63, 3.8) is 0 Å². The zero-order chi connectivity index (χ0) is 20.3. The summed E-state index contributed by atoms with van der Waals surface area (Å²) >= 11 is 0. The van der Waals surface area contributed by atoms with E-state index in [0.717, 1.165) is 11.1 Å². The van der Waals surface area contributed by atoms with Crippen molar-refractivity contribution < 1.29 is 19.8 Å². The second-order valence-electron chi connectivity index (χ2n) is 7.41. The van der Waals surface area contributed by atoms with E-state index >= 15 is 0 Å². The van der Waals surface area contributed by atoms with E-state index in [2.05, 4.69) is 4.98 Å². The number of amides is 1. The van der Waals surface area contributed by atoms with Crippen LogP contribution >= 0.6 is 0 Å². The summed E-state index contributed by atoms with van der Waals surface area (Å²) in [5.74, 6) is -1.21. The minimum absolute atomic E-state index is 0.00764. The molecule has 2 atom stereocenters. The van der Waals surface area contributed by atoms with Crippen molar-refractivity contribution in [1.82, 2.24) is 9.88 Å². The summed E-state index contributed by atoms with van der Waals surface area (Å²) in [7, 11) is 0. The third-order valence-corrected chi connectivity index (χ3v) is 5.71. The maximum absolute atomic E-state index is 13.3. The van der Waals surface area contributed by atoms with Crippen LogP contribution in [0.3, 0.4) is 0 Å². The first-order chi connectivity index (χ1) is 13.4. The van der Waals surface area contributed by atoms with Crippen LogP contribution < -0.4 is 0 Å². The van der Waals surface area contributed by atoms with Gasteiger partial charge in [-0.25, -0.2) is 0 Å². The highest BCUT2D eigenvalue weighted by molar-refractivity contribution is 6.02. The Morgan fingerprint density at radius 1 is 1.25 bits per heavy atom. The van der Waals surface area contributed by atoms with E-state index in [4.69, 9.17) is 0 Å². The van der Waals surface area contributed by atoms with Crippen molar-refractivity contribution in [1.29, 1.82) is 0 Å². The Morgan fingerprint density at radius 2 is 1.96 bits per heavy atom. The maximum atomic E-state index is 13.3. The number of hydrogen-bond donors (Lipinski definition) is 2. The highest BCUT2D eigenvalue weighted by atomic mass is 16.4. The summed E-state index contributed by atoms with van der Waals surface area (Å²) in [4.78, 5) is 31.0. The van der Waals surface area contributed by atoms with E-state index in [1.54, 1.807) is 18.0 Å². The normalized spacial score (nSPS) is 22.1. The molecule has 1 aromatic heterocycles. The molecule has 1 fully saturated rings. The Hall–Kier alpha value is -2.73. The van der Waals surface area contributed by atoms with Gasteiger partial charge in [0.2, 0.25) is 0 Å². The first-order valence-corrected chi connectivity index (χ1v) is 9.62. The van der Waals surface area contributed by atoms with E-state index in [1.165, 1.54) is 0 Å². The Balaban J connectivity index is 1.92. The van der Waals surface area contributed by atoms with Crippen molar-refractivity contribution in [3.8, 4) is 11.1 Å². The molecule has 1 aromatic carbocycles. The van der Waals surface area contributed by atoms with Crippen LogP contribution in [0, 0.1) is 12.3 Å². The summed E-state index contributed by atoms with van der Waals surface area (Å²) in [6.45, 7) is 4.00. The van der Waals surface area contributed by atoms with Crippen LogP contribution in [0.25, 0.3) is 11.1 Å². The number of hydrogen-bond acceptors (Lipinski definition) is 4. The number of aliphatic hydroxyl groups excluding tert-OH is 1. The predicted molar refractivity (Wildman–Crippen MR) is 106 cm³/mol. The molecule has 0 saturated carbocycles. The number of piperidine rings is 1. The Kier molecular flexibility index (Phi) is 5.79. The van der Waals surface area contributed by atoms with Gasteiger partial charge in [0, 0.05) is 19.3 Å². The second kappa shape index (κ2) is 8.10. The molecule has 1 amide bonds. The van der Waals surface area contributed by atoms with Crippen LogP contribution in [0.15, 0.2) is 42.6 Å². The summed E-state index contributed by atoms with van der Waals surface area (Å²) < 4.78 is 0. The molecule has 1 aliphatic rings. The molecule has 6 nitrogen and oxygen atoms in total. The van der Waals surface area contributed by atoms with E-state index in [1.807, 2.05) is 43.3 Å². The van der Waals surface area contributed by atoms with Crippen molar-refractivity contribution in [2.24, 2.45) is 5.41 Å². The van der Waals surface area contributed by atoms with Crippen molar-refractivity contribution in [3.05, 3.63) is 53.9 Å². The van der Waals surface area contributed by atoms with Crippen LogP contribution in [0.4, 0.5) is 0 Å². The minimum Gasteiger partial charge on any atom is -0.481 e. The molecule has 2 N–H and O–H groups in total. The lowest BCUT2D eigenvalue weighted by Gasteiger charge is -2.43. The molecule has 6 heteroatoms. The molecule has 0 aliphatic carbocycles. The highest BCUT2D eigenvalue weighted by Crippen LogP contribution is 2.38. The van der Waals surface area contributed by atoms with E-state index in [9.17, 15) is 19.8 Å². The van der Waals surface area contributed by atoms with Crippen molar-refractivity contribution in [2.75, 3.05) is 13.1 Å². The topological polar surface area (TPSA) is 90.7 Å². The molecule has 2 heterocycles. The van der Waals surface area contributed by atoms with Crippen LogP contribution in [0.2, 0.25) is 0 Å². The lowest BCUT2D eigenvalue weighted by molar-refractivity contribution is -0.162. The predicted octanol–water partition coefficient (Wildman–Crippen LogP) is 3.13. The minimum atomic E-state index is -1.18. The third kappa shape index (κ3) is 3.52. The molecule has 1 saturated heterocycles.